The quantitative estimate of drug-likeness (QED) is 0.477. The molecule has 2 amide bonds. The maximum absolute atomic E-state index is 11.2. The van der Waals surface area contributed by atoms with Gasteiger partial charge in [0.2, 0.25) is 0 Å². The van der Waals surface area contributed by atoms with E-state index in [0.29, 0.717) is 32.3 Å². The van der Waals surface area contributed by atoms with E-state index in [1.807, 2.05) is 0 Å². The zero-order valence-corrected chi connectivity index (χ0v) is 11.5. The summed E-state index contributed by atoms with van der Waals surface area (Å²) >= 11 is 0. The third-order valence-corrected chi connectivity index (χ3v) is 2.07. The van der Waals surface area contributed by atoms with Crippen LogP contribution in [0.1, 0.15) is 27.2 Å². The van der Waals surface area contributed by atoms with E-state index in [4.69, 9.17) is 4.74 Å². The van der Waals surface area contributed by atoms with Crippen molar-refractivity contribution < 1.29 is 19.1 Å². The molecule has 6 nitrogen and oxygen atoms in total. The second-order valence-electron chi connectivity index (χ2n) is 4.21. The van der Waals surface area contributed by atoms with Crippen LogP contribution in [0.15, 0.2) is 0 Å². The number of ether oxygens (including phenoxy) is 2. The van der Waals surface area contributed by atoms with Crippen molar-refractivity contribution in [3.63, 3.8) is 0 Å². The Morgan fingerprint density at radius 1 is 1.17 bits per heavy atom. The fourth-order valence-electron chi connectivity index (χ4n) is 1.08. The Morgan fingerprint density at radius 3 is 2.50 bits per heavy atom. The van der Waals surface area contributed by atoms with Crippen LogP contribution in [0.2, 0.25) is 0 Å². The minimum absolute atomic E-state index is 0.117. The molecule has 0 rings (SSSR count). The summed E-state index contributed by atoms with van der Waals surface area (Å²) in [4.78, 5) is 22.1. The lowest BCUT2D eigenvalue weighted by molar-refractivity contribution is -0.141. The summed E-state index contributed by atoms with van der Waals surface area (Å²) in [5, 5.41) is 4.98. The van der Waals surface area contributed by atoms with Gasteiger partial charge in [-0.2, -0.15) is 0 Å². The summed E-state index contributed by atoms with van der Waals surface area (Å²) in [6.45, 7) is 7.76. The SMILES string of the molecule is CCOC(=O)CNC(=O)NCCOCCC(C)C. The van der Waals surface area contributed by atoms with E-state index in [1.54, 1.807) is 6.92 Å². The average molecular weight is 260 g/mol. The Morgan fingerprint density at radius 2 is 1.89 bits per heavy atom. The Balaban J connectivity index is 3.34. The molecule has 0 aliphatic heterocycles. The van der Waals surface area contributed by atoms with Crippen LogP contribution >= 0.6 is 0 Å². The highest BCUT2D eigenvalue weighted by Crippen LogP contribution is 1.98. The molecule has 0 aliphatic rings. The summed E-state index contributed by atoms with van der Waals surface area (Å²) < 4.78 is 9.99. The van der Waals surface area contributed by atoms with Gasteiger partial charge in [-0.3, -0.25) is 4.79 Å². The standard InChI is InChI=1S/C12H24N2O4/c1-4-18-11(15)9-14-12(16)13-6-8-17-7-5-10(2)3/h10H,4-9H2,1-3H3,(H2,13,14,16). The van der Waals surface area contributed by atoms with E-state index >= 15 is 0 Å². The van der Waals surface area contributed by atoms with Crippen molar-refractivity contribution in [1.82, 2.24) is 10.6 Å². The first-order valence-corrected chi connectivity index (χ1v) is 6.31. The lowest BCUT2D eigenvalue weighted by atomic mass is 10.1. The fourth-order valence-corrected chi connectivity index (χ4v) is 1.08. The number of hydrogen-bond acceptors (Lipinski definition) is 4. The van der Waals surface area contributed by atoms with Gasteiger partial charge in [0.15, 0.2) is 0 Å². The predicted molar refractivity (Wildman–Crippen MR) is 68.3 cm³/mol. The van der Waals surface area contributed by atoms with Gasteiger partial charge in [-0.25, -0.2) is 4.79 Å². The molecule has 0 aromatic carbocycles. The number of nitrogens with one attached hydrogen (secondary N) is 2. The van der Waals surface area contributed by atoms with Crippen molar-refractivity contribution in [1.29, 1.82) is 0 Å². The molecule has 0 radical (unpaired) electrons. The monoisotopic (exact) mass is 260 g/mol. The molecule has 6 heteroatoms. The molecule has 0 saturated heterocycles. The minimum atomic E-state index is -0.444. The molecule has 0 aromatic heterocycles. The molecule has 0 saturated carbocycles. The van der Waals surface area contributed by atoms with Gasteiger partial charge in [-0.1, -0.05) is 13.8 Å². The molecule has 0 fully saturated rings. The summed E-state index contributed by atoms with van der Waals surface area (Å²) in [5.74, 6) is 0.173. The Labute approximate surface area is 108 Å². The first kappa shape index (κ1) is 16.7. The molecule has 18 heavy (non-hydrogen) atoms. The number of rotatable bonds is 9. The number of carbonyl (C=O) groups excluding carboxylic acids is 2. The lowest BCUT2D eigenvalue weighted by Crippen LogP contribution is -2.40. The summed E-state index contributed by atoms with van der Waals surface area (Å²) in [5.41, 5.74) is 0. The van der Waals surface area contributed by atoms with Crippen molar-refractivity contribution in [2.75, 3.05) is 32.9 Å². The van der Waals surface area contributed by atoms with Gasteiger partial charge in [0.1, 0.15) is 6.54 Å². The largest absolute Gasteiger partial charge is 0.465 e. The molecular formula is C12H24N2O4. The van der Waals surface area contributed by atoms with E-state index < -0.39 is 12.0 Å². The van der Waals surface area contributed by atoms with Gasteiger partial charge in [-0.15, -0.1) is 0 Å². The molecule has 0 aromatic rings. The number of esters is 1. The van der Waals surface area contributed by atoms with Gasteiger partial charge in [0.05, 0.1) is 13.2 Å². The van der Waals surface area contributed by atoms with E-state index in [9.17, 15) is 9.59 Å². The predicted octanol–water partition coefficient (Wildman–Crippen LogP) is 0.911. The second-order valence-corrected chi connectivity index (χ2v) is 4.21. The molecule has 0 aliphatic carbocycles. The molecule has 0 unspecified atom stereocenters. The van der Waals surface area contributed by atoms with Gasteiger partial charge in [0, 0.05) is 13.2 Å². The smallest absolute Gasteiger partial charge is 0.325 e. The second kappa shape index (κ2) is 10.8. The van der Waals surface area contributed by atoms with Crippen LogP contribution in [0.4, 0.5) is 4.79 Å². The third-order valence-electron chi connectivity index (χ3n) is 2.07. The minimum Gasteiger partial charge on any atom is -0.465 e. The van der Waals surface area contributed by atoms with Gasteiger partial charge in [0.25, 0.3) is 0 Å². The molecule has 0 bridgehead atoms. The van der Waals surface area contributed by atoms with Crippen molar-refractivity contribution in [3.8, 4) is 0 Å². The van der Waals surface area contributed by atoms with Crippen molar-refractivity contribution >= 4 is 12.0 Å². The molecule has 0 heterocycles. The first-order chi connectivity index (χ1) is 8.56. The highest BCUT2D eigenvalue weighted by molar-refractivity contribution is 5.80. The van der Waals surface area contributed by atoms with Crippen LogP contribution in [0.5, 0.6) is 0 Å². The number of urea groups is 1. The van der Waals surface area contributed by atoms with Crippen LogP contribution < -0.4 is 10.6 Å². The molecule has 106 valence electrons. The topological polar surface area (TPSA) is 76.7 Å². The third kappa shape index (κ3) is 11.2. The lowest BCUT2D eigenvalue weighted by Gasteiger charge is -2.08. The van der Waals surface area contributed by atoms with Crippen LogP contribution in [-0.2, 0) is 14.3 Å². The van der Waals surface area contributed by atoms with Crippen LogP contribution in [0.3, 0.4) is 0 Å². The zero-order valence-electron chi connectivity index (χ0n) is 11.5. The normalized spacial score (nSPS) is 10.2. The maximum atomic E-state index is 11.2. The Hall–Kier alpha value is -1.30. The Bertz CT molecular complexity index is 244. The Kier molecular flexibility index (Phi) is 10.0. The van der Waals surface area contributed by atoms with E-state index in [-0.39, 0.29) is 6.54 Å². The van der Waals surface area contributed by atoms with Crippen LogP contribution in [0.25, 0.3) is 0 Å². The summed E-state index contributed by atoms with van der Waals surface area (Å²) in [6, 6.07) is -0.393. The van der Waals surface area contributed by atoms with Gasteiger partial charge >= 0.3 is 12.0 Å². The number of carbonyl (C=O) groups is 2. The molecule has 2 N–H and O–H groups in total. The van der Waals surface area contributed by atoms with Crippen LogP contribution in [0, 0.1) is 5.92 Å². The van der Waals surface area contributed by atoms with E-state index in [1.165, 1.54) is 0 Å². The molecule has 0 atom stereocenters. The fraction of sp³-hybridized carbons (Fsp3) is 0.833. The van der Waals surface area contributed by atoms with Gasteiger partial charge < -0.3 is 20.1 Å². The molecule has 0 spiro atoms. The summed E-state index contributed by atoms with van der Waals surface area (Å²) in [7, 11) is 0. The van der Waals surface area contributed by atoms with Crippen molar-refractivity contribution in [2.24, 2.45) is 5.92 Å². The number of amides is 2. The van der Waals surface area contributed by atoms with Crippen molar-refractivity contribution in [3.05, 3.63) is 0 Å². The maximum Gasteiger partial charge on any atom is 0.325 e. The zero-order chi connectivity index (χ0) is 13.8. The highest BCUT2D eigenvalue weighted by atomic mass is 16.5. The number of hydrogen-bond donors (Lipinski definition) is 2. The first-order valence-electron chi connectivity index (χ1n) is 6.31. The van der Waals surface area contributed by atoms with Crippen LogP contribution in [-0.4, -0.2) is 44.9 Å². The molecular weight excluding hydrogens is 236 g/mol. The average Bonchev–Trinajstić information content (AvgIpc) is 2.31. The van der Waals surface area contributed by atoms with Crippen molar-refractivity contribution in [2.45, 2.75) is 27.2 Å². The highest BCUT2D eigenvalue weighted by Gasteiger charge is 2.04. The van der Waals surface area contributed by atoms with Gasteiger partial charge in [-0.05, 0) is 19.3 Å². The van der Waals surface area contributed by atoms with E-state index in [0.717, 1.165) is 6.42 Å². The van der Waals surface area contributed by atoms with E-state index in [2.05, 4.69) is 29.2 Å². The summed E-state index contributed by atoms with van der Waals surface area (Å²) in [6.07, 6.45) is 1.01.